The van der Waals surface area contributed by atoms with E-state index >= 15 is 0 Å². The summed E-state index contributed by atoms with van der Waals surface area (Å²) < 4.78 is 15.6. The Morgan fingerprint density at radius 1 is 0.345 bits per heavy atom. The van der Waals surface area contributed by atoms with Crippen LogP contribution in [0.5, 0.6) is 0 Å². The molecule has 58 heavy (non-hydrogen) atoms. The molecular weight excluding hydrogens is 727 g/mol. The maximum Gasteiger partial charge on any atom is 0.143 e. The fourth-order valence-corrected chi connectivity index (χ4v) is 9.97. The van der Waals surface area contributed by atoms with Crippen molar-refractivity contribution in [2.45, 2.75) is 0 Å². The second-order valence-electron chi connectivity index (χ2n) is 14.8. The largest absolute Gasteiger partial charge is 0.455 e. The fraction of sp³-hybridized carbons (Fsp3) is 0. The molecule has 0 spiro atoms. The summed E-state index contributed by atoms with van der Waals surface area (Å²) >= 11 is 1.85. The quantitative estimate of drug-likeness (QED) is 0.169. The number of thiophene rings is 1. The van der Waals surface area contributed by atoms with Crippen molar-refractivity contribution in [3.63, 3.8) is 0 Å². The summed E-state index contributed by atoms with van der Waals surface area (Å²) in [5.41, 5.74) is 13.4. The minimum Gasteiger partial charge on any atom is -0.455 e. The second-order valence-corrected chi connectivity index (χ2v) is 15.9. The van der Waals surface area contributed by atoms with Crippen LogP contribution < -0.4 is 4.90 Å². The standard InChI is InChI=1S/C54H33NO2S/c1-2-13-34(14-3-1)36-31-37(41-19-11-21-46-43-16-5-8-25-50(43)57-53(41)46)33-39(32-36)55(48-23-12-22-47-44-17-6-9-26-51(44)58-54(47)48)38-29-27-35(28-30-38)40-18-10-20-45-42-15-4-7-24-49(42)56-52(40)45/h1-33H. The third-order valence-electron chi connectivity index (χ3n) is 11.5. The molecule has 0 atom stereocenters. The number of para-hydroxylation sites is 4. The van der Waals surface area contributed by atoms with Crippen molar-refractivity contribution in [2.24, 2.45) is 0 Å². The maximum atomic E-state index is 6.63. The Labute approximate surface area is 338 Å². The predicted octanol–water partition coefficient (Wildman–Crippen LogP) is 16.3. The molecule has 0 unspecified atom stereocenters. The first-order chi connectivity index (χ1) is 28.7. The highest BCUT2D eigenvalue weighted by Crippen LogP contribution is 2.47. The Hall–Kier alpha value is -7.40. The zero-order valence-corrected chi connectivity index (χ0v) is 32.0. The summed E-state index contributed by atoms with van der Waals surface area (Å²) in [5.74, 6) is 0. The van der Waals surface area contributed by atoms with Gasteiger partial charge in [0.15, 0.2) is 0 Å². The average Bonchev–Trinajstić information content (AvgIpc) is 3.99. The van der Waals surface area contributed by atoms with Crippen LogP contribution in [0.4, 0.5) is 17.1 Å². The van der Waals surface area contributed by atoms with Gasteiger partial charge in [-0.2, -0.15) is 0 Å². The maximum absolute atomic E-state index is 6.63. The number of benzene rings is 9. The zero-order valence-electron chi connectivity index (χ0n) is 31.2. The van der Waals surface area contributed by atoms with E-state index in [-0.39, 0.29) is 0 Å². The molecule has 3 nitrogen and oxygen atoms in total. The van der Waals surface area contributed by atoms with Crippen molar-refractivity contribution in [1.29, 1.82) is 0 Å². The van der Waals surface area contributed by atoms with Crippen LogP contribution in [-0.2, 0) is 0 Å². The van der Waals surface area contributed by atoms with Crippen molar-refractivity contribution in [3.05, 3.63) is 200 Å². The van der Waals surface area contributed by atoms with Gasteiger partial charge >= 0.3 is 0 Å². The van der Waals surface area contributed by atoms with Crippen molar-refractivity contribution in [2.75, 3.05) is 4.90 Å². The molecule has 0 aliphatic carbocycles. The van der Waals surface area contributed by atoms with Gasteiger partial charge in [-0.05, 0) is 76.9 Å². The van der Waals surface area contributed by atoms with Gasteiger partial charge in [0.25, 0.3) is 0 Å². The molecule has 12 rings (SSSR count). The van der Waals surface area contributed by atoms with E-state index in [0.29, 0.717) is 0 Å². The molecule has 0 aliphatic heterocycles. The highest BCUT2D eigenvalue weighted by atomic mass is 32.1. The molecule has 0 bridgehead atoms. The minimum absolute atomic E-state index is 0.890. The third-order valence-corrected chi connectivity index (χ3v) is 12.7. The van der Waals surface area contributed by atoms with Crippen LogP contribution in [0.25, 0.3) is 97.4 Å². The Balaban J connectivity index is 1.10. The molecule has 3 heterocycles. The average molecular weight is 760 g/mol. The van der Waals surface area contributed by atoms with Crippen LogP contribution in [0.2, 0.25) is 0 Å². The van der Waals surface area contributed by atoms with Crippen LogP contribution >= 0.6 is 11.3 Å². The van der Waals surface area contributed by atoms with Crippen LogP contribution in [0.15, 0.2) is 209 Å². The number of anilines is 3. The van der Waals surface area contributed by atoms with Crippen LogP contribution in [0.1, 0.15) is 0 Å². The van der Waals surface area contributed by atoms with E-state index in [9.17, 15) is 0 Å². The van der Waals surface area contributed by atoms with Gasteiger partial charge in [0, 0.05) is 59.5 Å². The van der Waals surface area contributed by atoms with Crippen molar-refractivity contribution >= 4 is 92.4 Å². The lowest BCUT2D eigenvalue weighted by atomic mass is 9.96. The summed E-state index contributed by atoms with van der Waals surface area (Å²) in [4.78, 5) is 2.43. The summed E-state index contributed by atoms with van der Waals surface area (Å²) in [6.07, 6.45) is 0. The monoisotopic (exact) mass is 759 g/mol. The third kappa shape index (κ3) is 5.19. The molecule has 0 amide bonds. The number of fused-ring (bicyclic) bond motifs is 9. The summed E-state index contributed by atoms with van der Waals surface area (Å²) in [6.45, 7) is 0. The summed E-state index contributed by atoms with van der Waals surface area (Å²) in [7, 11) is 0. The number of rotatable bonds is 6. The Morgan fingerprint density at radius 3 is 1.60 bits per heavy atom. The highest BCUT2D eigenvalue weighted by molar-refractivity contribution is 7.26. The first-order valence-corrected chi connectivity index (χ1v) is 20.4. The van der Waals surface area contributed by atoms with Crippen molar-refractivity contribution in [3.8, 4) is 33.4 Å². The second kappa shape index (κ2) is 13.1. The molecule has 4 heteroatoms. The Bertz CT molecular complexity index is 3520. The van der Waals surface area contributed by atoms with E-state index in [1.54, 1.807) is 0 Å². The van der Waals surface area contributed by atoms with Gasteiger partial charge in [0.05, 0.1) is 10.4 Å². The molecule has 3 aromatic heterocycles. The van der Waals surface area contributed by atoms with Crippen LogP contribution in [0, 0.1) is 0 Å². The van der Waals surface area contributed by atoms with Gasteiger partial charge in [-0.15, -0.1) is 11.3 Å². The summed E-state index contributed by atoms with van der Waals surface area (Å²) in [5, 5.41) is 7.01. The van der Waals surface area contributed by atoms with Crippen molar-refractivity contribution < 1.29 is 8.83 Å². The number of nitrogens with zero attached hydrogens (tertiary/aromatic N) is 1. The zero-order chi connectivity index (χ0) is 38.2. The van der Waals surface area contributed by atoms with Crippen LogP contribution in [0.3, 0.4) is 0 Å². The lowest BCUT2D eigenvalue weighted by molar-refractivity contribution is 0.669. The topological polar surface area (TPSA) is 29.5 Å². The van der Waals surface area contributed by atoms with Crippen molar-refractivity contribution in [1.82, 2.24) is 0 Å². The van der Waals surface area contributed by atoms with E-state index in [2.05, 4.69) is 187 Å². The van der Waals surface area contributed by atoms with E-state index in [1.165, 1.54) is 20.2 Å². The Kier molecular flexibility index (Phi) is 7.40. The molecule has 0 fully saturated rings. The molecule has 272 valence electrons. The van der Waals surface area contributed by atoms with Crippen LogP contribution in [-0.4, -0.2) is 0 Å². The number of hydrogen-bond acceptors (Lipinski definition) is 4. The van der Waals surface area contributed by atoms with Gasteiger partial charge in [0.2, 0.25) is 0 Å². The number of hydrogen-bond donors (Lipinski definition) is 0. The van der Waals surface area contributed by atoms with Gasteiger partial charge in [-0.1, -0.05) is 146 Å². The molecule has 9 aromatic carbocycles. The van der Waals surface area contributed by atoms with E-state index < -0.39 is 0 Å². The van der Waals surface area contributed by atoms with Gasteiger partial charge in [0.1, 0.15) is 22.3 Å². The van der Waals surface area contributed by atoms with Gasteiger partial charge < -0.3 is 13.7 Å². The van der Waals surface area contributed by atoms with E-state index in [1.807, 2.05) is 29.5 Å². The molecule has 0 saturated heterocycles. The Morgan fingerprint density at radius 2 is 0.897 bits per heavy atom. The summed E-state index contributed by atoms with van der Waals surface area (Å²) in [6, 6.07) is 71.5. The van der Waals surface area contributed by atoms with E-state index in [4.69, 9.17) is 8.83 Å². The van der Waals surface area contributed by atoms with E-state index in [0.717, 1.165) is 94.3 Å². The molecule has 0 saturated carbocycles. The normalized spacial score (nSPS) is 11.8. The lowest BCUT2D eigenvalue weighted by Crippen LogP contribution is -2.10. The highest BCUT2D eigenvalue weighted by Gasteiger charge is 2.22. The molecule has 0 aliphatic rings. The number of furan rings is 2. The molecule has 12 aromatic rings. The lowest BCUT2D eigenvalue weighted by Gasteiger charge is -2.27. The molecule has 0 N–H and O–H groups in total. The van der Waals surface area contributed by atoms with Gasteiger partial charge in [-0.3, -0.25) is 0 Å². The smallest absolute Gasteiger partial charge is 0.143 e. The first kappa shape index (κ1) is 32.8. The SMILES string of the molecule is c1ccc(-c2cc(-c3cccc4c3oc3ccccc34)cc(N(c3ccc(-c4cccc5c4oc4ccccc45)cc3)c3cccc4c3sc3ccccc34)c2)cc1. The molecular formula is C54H33NO2S. The van der Waals surface area contributed by atoms with Gasteiger partial charge in [-0.25, -0.2) is 0 Å². The molecule has 0 radical (unpaired) electrons. The fourth-order valence-electron chi connectivity index (χ4n) is 8.77. The predicted molar refractivity (Wildman–Crippen MR) is 245 cm³/mol. The first-order valence-electron chi connectivity index (χ1n) is 19.6. The minimum atomic E-state index is 0.890.